The SMILES string of the molecule is CC(C)N1C[C@H](NC(=O)c2cnn(C)c2)[C@@H]2OCCC[C@@H]21.O=C(O)C(F)(F)F. The number of carboxylic acid groups (broad SMARTS) is 1. The maximum Gasteiger partial charge on any atom is 0.490 e. The van der Waals surface area contributed by atoms with Gasteiger partial charge in [-0.05, 0) is 26.7 Å². The van der Waals surface area contributed by atoms with Gasteiger partial charge in [-0.15, -0.1) is 0 Å². The average molecular weight is 406 g/mol. The van der Waals surface area contributed by atoms with Gasteiger partial charge in [-0.25, -0.2) is 4.79 Å². The second-order valence-corrected chi connectivity index (χ2v) is 7.12. The molecule has 0 aromatic carbocycles. The predicted octanol–water partition coefficient (Wildman–Crippen LogP) is 1.42. The summed E-state index contributed by atoms with van der Waals surface area (Å²) in [6, 6.07) is 0.961. The van der Waals surface area contributed by atoms with Gasteiger partial charge in [0.15, 0.2) is 0 Å². The number of carbonyl (C=O) groups excluding carboxylic acids is 1. The van der Waals surface area contributed by atoms with Crippen LogP contribution in [0.15, 0.2) is 12.4 Å². The molecule has 1 aromatic rings. The number of hydrogen-bond acceptors (Lipinski definition) is 5. The third-order valence-electron chi connectivity index (χ3n) is 4.75. The van der Waals surface area contributed by atoms with E-state index in [1.54, 1.807) is 17.1 Å². The molecule has 1 amide bonds. The minimum Gasteiger partial charge on any atom is -0.475 e. The van der Waals surface area contributed by atoms with Gasteiger partial charge in [-0.2, -0.15) is 18.3 Å². The lowest BCUT2D eigenvalue weighted by molar-refractivity contribution is -0.192. The zero-order valence-corrected chi connectivity index (χ0v) is 15.9. The van der Waals surface area contributed by atoms with Gasteiger partial charge in [-0.3, -0.25) is 14.4 Å². The molecule has 8 nitrogen and oxygen atoms in total. The highest BCUT2D eigenvalue weighted by molar-refractivity contribution is 5.94. The number of alkyl halides is 3. The van der Waals surface area contributed by atoms with Gasteiger partial charge in [0.1, 0.15) is 0 Å². The molecule has 2 aliphatic rings. The van der Waals surface area contributed by atoms with Crippen LogP contribution in [0.3, 0.4) is 0 Å². The molecule has 28 heavy (non-hydrogen) atoms. The molecular formula is C17H25F3N4O4. The first-order valence-electron chi connectivity index (χ1n) is 8.97. The lowest BCUT2D eigenvalue weighted by atomic mass is 10.0. The van der Waals surface area contributed by atoms with Crippen molar-refractivity contribution in [3.63, 3.8) is 0 Å². The summed E-state index contributed by atoms with van der Waals surface area (Å²) in [5.74, 6) is -2.82. The van der Waals surface area contributed by atoms with E-state index in [0.717, 1.165) is 26.0 Å². The number of ether oxygens (including phenoxy) is 1. The highest BCUT2D eigenvalue weighted by atomic mass is 19.4. The fourth-order valence-electron chi connectivity index (χ4n) is 3.50. The summed E-state index contributed by atoms with van der Waals surface area (Å²) in [5, 5.41) is 14.3. The molecule has 0 radical (unpaired) electrons. The molecule has 3 rings (SSSR count). The molecule has 2 N–H and O–H groups in total. The Labute approximate surface area is 160 Å². The van der Waals surface area contributed by atoms with E-state index in [9.17, 15) is 18.0 Å². The summed E-state index contributed by atoms with van der Waals surface area (Å²) in [6.07, 6.45) is 0.630. The number of carboxylic acids is 1. The van der Waals surface area contributed by atoms with Crippen LogP contribution in [0.25, 0.3) is 0 Å². The molecule has 0 bridgehead atoms. The number of aliphatic carboxylic acids is 1. The Balaban J connectivity index is 0.000000345. The van der Waals surface area contributed by atoms with Crippen molar-refractivity contribution in [3.8, 4) is 0 Å². The largest absolute Gasteiger partial charge is 0.490 e. The van der Waals surface area contributed by atoms with Crippen molar-refractivity contribution in [3.05, 3.63) is 18.0 Å². The summed E-state index contributed by atoms with van der Waals surface area (Å²) in [5.41, 5.74) is 0.604. The molecule has 0 saturated carbocycles. The van der Waals surface area contributed by atoms with Crippen LogP contribution in [0.1, 0.15) is 37.0 Å². The standard InChI is InChI=1S/C15H24N4O2.C2HF3O2/c1-10(2)19-9-12(14-13(19)5-4-6-21-14)17-15(20)11-7-16-18(3)8-11;3-2(4,5)1(6)7/h7-8,10,12-14H,4-6,9H2,1-3H3,(H,17,20);(H,6,7)/t12-,13-,14-;/m0./s1. The Kier molecular flexibility index (Phi) is 7.05. The normalized spacial score (nSPS) is 25.0. The second-order valence-electron chi connectivity index (χ2n) is 7.12. The number of rotatable bonds is 3. The van der Waals surface area contributed by atoms with E-state index in [2.05, 4.69) is 29.2 Å². The molecule has 0 aliphatic carbocycles. The molecule has 2 fully saturated rings. The van der Waals surface area contributed by atoms with Crippen molar-refractivity contribution in [2.24, 2.45) is 7.05 Å². The second kappa shape index (κ2) is 8.91. The lowest BCUT2D eigenvalue weighted by Crippen LogP contribution is -2.47. The van der Waals surface area contributed by atoms with Crippen molar-refractivity contribution >= 4 is 11.9 Å². The molecule has 0 spiro atoms. The van der Waals surface area contributed by atoms with Crippen LogP contribution in [-0.4, -0.2) is 75.2 Å². The minimum absolute atomic E-state index is 0.0606. The maximum absolute atomic E-state index is 12.3. The quantitative estimate of drug-likeness (QED) is 0.788. The third kappa shape index (κ3) is 5.44. The van der Waals surface area contributed by atoms with Gasteiger partial charge in [-0.1, -0.05) is 0 Å². The smallest absolute Gasteiger partial charge is 0.475 e. The number of amides is 1. The number of likely N-dealkylation sites (tertiary alicyclic amines) is 1. The summed E-state index contributed by atoms with van der Waals surface area (Å²) >= 11 is 0. The van der Waals surface area contributed by atoms with Gasteiger partial charge in [0.05, 0.1) is 23.9 Å². The summed E-state index contributed by atoms with van der Waals surface area (Å²) in [6.45, 7) is 6.07. The van der Waals surface area contributed by atoms with E-state index >= 15 is 0 Å². The van der Waals surface area contributed by atoms with E-state index in [0.29, 0.717) is 17.6 Å². The van der Waals surface area contributed by atoms with Crippen molar-refractivity contribution in [1.29, 1.82) is 0 Å². The Morgan fingerprint density at radius 2 is 2.04 bits per heavy atom. The number of nitrogens with zero attached hydrogens (tertiary/aromatic N) is 3. The zero-order chi connectivity index (χ0) is 21.1. The highest BCUT2D eigenvalue weighted by Crippen LogP contribution is 2.30. The number of nitrogens with one attached hydrogen (secondary N) is 1. The van der Waals surface area contributed by atoms with Crippen molar-refractivity contribution < 1.29 is 32.6 Å². The summed E-state index contributed by atoms with van der Waals surface area (Å²) in [7, 11) is 1.81. The van der Waals surface area contributed by atoms with E-state index in [4.69, 9.17) is 14.6 Å². The molecule has 3 heterocycles. The average Bonchev–Trinajstić information content (AvgIpc) is 3.19. The Bertz CT molecular complexity index is 692. The van der Waals surface area contributed by atoms with Gasteiger partial charge >= 0.3 is 12.1 Å². The molecule has 3 atom stereocenters. The molecular weight excluding hydrogens is 381 g/mol. The van der Waals surface area contributed by atoms with Gasteiger partial charge in [0.25, 0.3) is 5.91 Å². The van der Waals surface area contributed by atoms with Crippen LogP contribution in [0.4, 0.5) is 13.2 Å². The number of hydrogen-bond donors (Lipinski definition) is 2. The van der Waals surface area contributed by atoms with Crippen LogP contribution in [0.5, 0.6) is 0 Å². The van der Waals surface area contributed by atoms with Crippen molar-refractivity contribution in [2.45, 2.75) is 57.1 Å². The fraction of sp³-hybridized carbons (Fsp3) is 0.706. The predicted molar refractivity (Wildman–Crippen MR) is 92.8 cm³/mol. The van der Waals surface area contributed by atoms with E-state index < -0.39 is 12.1 Å². The first-order chi connectivity index (χ1) is 13.0. The first-order valence-corrected chi connectivity index (χ1v) is 8.97. The van der Waals surface area contributed by atoms with Crippen molar-refractivity contribution in [1.82, 2.24) is 20.0 Å². The molecule has 2 saturated heterocycles. The third-order valence-corrected chi connectivity index (χ3v) is 4.75. The topological polar surface area (TPSA) is 96.7 Å². The van der Waals surface area contributed by atoms with Gasteiger partial charge < -0.3 is 15.2 Å². The molecule has 158 valence electrons. The highest BCUT2D eigenvalue weighted by Gasteiger charge is 2.45. The van der Waals surface area contributed by atoms with E-state index in [1.165, 1.54) is 0 Å². The maximum atomic E-state index is 12.3. The van der Waals surface area contributed by atoms with Crippen LogP contribution in [0, 0.1) is 0 Å². The fourth-order valence-corrected chi connectivity index (χ4v) is 3.50. The number of halogens is 3. The lowest BCUT2D eigenvalue weighted by Gasteiger charge is -2.34. The molecule has 0 unspecified atom stereocenters. The van der Waals surface area contributed by atoms with Crippen molar-refractivity contribution in [2.75, 3.05) is 13.2 Å². The Hall–Kier alpha value is -2.14. The monoisotopic (exact) mass is 406 g/mol. The van der Waals surface area contributed by atoms with E-state index in [1.807, 2.05) is 7.05 Å². The Morgan fingerprint density at radius 3 is 2.54 bits per heavy atom. The van der Waals surface area contributed by atoms with Crippen LogP contribution < -0.4 is 5.32 Å². The van der Waals surface area contributed by atoms with Crippen LogP contribution in [0.2, 0.25) is 0 Å². The van der Waals surface area contributed by atoms with Gasteiger partial charge in [0, 0.05) is 38.5 Å². The summed E-state index contributed by atoms with van der Waals surface area (Å²) < 4.78 is 39.3. The number of fused-ring (bicyclic) bond motifs is 1. The minimum atomic E-state index is -5.08. The van der Waals surface area contributed by atoms with Gasteiger partial charge in [0.2, 0.25) is 0 Å². The zero-order valence-electron chi connectivity index (χ0n) is 15.9. The number of carbonyl (C=O) groups is 2. The van der Waals surface area contributed by atoms with Crippen LogP contribution in [-0.2, 0) is 16.6 Å². The van der Waals surface area contributed by atoms with E-state index in [-0.39, 0.29) is 18.1 Å². The summed E-state index contributed by atoms with van der Waals surface area (Å²) in [4.78, 5) is 23.7. The first kappa shape index (κ1) is 22.2. The number of aromatic nitrogens is 2. The Morgan fingerprint density at radius 1 is 1.39 bits per heavy atom. The molecule has 2 aliphatic heterocycles. The molecule has 11 heteroatoms. The van der Waals surface area contributed by atoms with Crippen LogP contribution >= 0.6 is 0 Å². The molecule has 1 aromatic heterocycles. The number of aryl methyl sites for hydroxylation is 1.